The van der Waals surface area contributed by atoms with Crippen LogP contribution >= 0.6 is 11.8 Å². The summed E-state index contributed by atoms with van der Waals surface area (Å²) in [7, 11) is 0. The van der Waals surface area contributed by atoms with Crippen molar-refractivity contribution >= 4 is 17.6 Å². The van der Waals surface area contributed by atoms with Gasteiger partial charge >= 0.3 is 0 Å². The van der Waals surface area contributed by atoms with Crippen LogP contribution in [0.25, 0.3) is 0 Å². The number of amidine groups is 1. The summed E-state index contributed by atoms with van der Waals surface area (Å²) < 4.78 is 1.07. The van der Waals surface area contributed by atoms with Crippen LogP contribution in [0.1, 0.15) is 0 Å². The van der Waals surface area contributed by atoms with Crippen molar-refractivity contribution in [3.63, 3.8) is 0 Å². The lowest BCUT2D eigenvalue weighted by atomic mass is 10.5. The second-order valence-electron chi connectivity index (χ2n) is 1.45. The molecule has 6 heteroatoms. The summed E-state index contributed by atoms with van der Waals surface area (Å²) >= 11 is 5.42. The third kappa shape index (κ3) is 1.62. The predicted octanol–water partition coefficient (Wildman–Crippen LogP) is -0.142. The van der Waals surface area contributed by atoms with Crippen molar-refractivity contribution in [3.05, 3.63) is 12.3 Å². The smallest absolute Gasteiger partial charge is 0.207 e. The van der Waals surface area contributed by atoms with Gasteiger partial charge in [0.05, 0.1) is 0 Å². The fraction of sp³-hybridized carbons (Fsp3) is 0. The molecule has 0 aromatic rings. The van der Waals surface area contributed by atoms with Crippen LogP contribution in [0.3, 0.4) is 0 Å². The van der Waals surface area contributed by atoms with E-state index in [1.165, 1.54) is 0 Å². The molecule has 0 aromatic heterocycles. The zero-order valence-corrected chi connectivity index (χ0v) is 5.63. The Morgan fingerprint density at radius 3 is 3.20 bits per heavy atom. The van der Waals surface area contributed by atoms with Gasteiger partial charge in [0, 0.05) is 18.0 Å². The van der Waals surface area contributed by atoms with Gasteiger partial charge in [0.25, 0.3) is 0 Å². The first-order valence-electron chi connectivity index (χ1n) is 2.45. The van der Waals surface area contributed by atoms with E-state index in [0.717, 1.165) is 4.64 Å². The lowest BCUT2D eigenvalue weighted by Gasteiger charge is -2.18. The highest BCUT2D eigenvalue weighted by Crippen LogP contribution is 1.90. The number of rotatable bonds is 0. The lowest BCUT2D eigenvalue weighted by molar-refractivity contribution is 0.343. The van der Waals surface area contributed by atoms with Crippen molar-refractivity contribution in [2.24, 2.45) is 4.99 Å². The molecule has 0 spiro atoms. The number of halogens is 1. The maximum absolute atomic E-state index is 8.11. The Labute approximate surface area is 62.6 Å². The largest absolute Gasteiger partial charge is 0.294 e. The first kappa shape index (κ1) is 6.86. The van der Waals surface area contributed by atoms with E-state index in [4.69, 9.17) is 17.0 Å². The minimum Gasteiger partial charge on any atom is -0.294 e. The fourth-order valence-corrected chi connectivity index (χ4v) is 0.611. The third-order valence-electron chi connectivity index (χ3n) is 0.812. The summed E-state index contributed by atoms with van der Waals surface area (Å²) in [4.78, 5) is 3.39. The summed E-state index contributed by atoms with van der Waals surface area (Å²) in [5.74, 6) is 0.399. The zero-order chi connectivity index (χ0) is 7.40. The highest BCUT2D eigenvalue weighted by molar-refractivity contribution is 6.14. The molecule has 1 heterocycles. The summed E-state index contributed by atoms with van der Waals surface area (Å²) in [6.45, 7) is 0. The first-order valence-corrected chi connectivity index (χ1v) is 2.79. The van der Waals surface area contributed by atoms with Crippen molar-refractivity contribution in [1.82, 2.24) is 15.5 Å². The highest BCUT2D eigenvalue weighted by atomic mass is 35.5. The third-order valence-corrected chi connectivity index (χ3v) is 0.994. The van der Waals surface area contributed by atoms with E-state index in [-0.39, 0.29) is 0 Å². The number of nitrogens with zero attached hydrogens (tertiary/aromatic N) is 3. The Hall–Kier alpha value is -1.25. The van der Waals surface area contributed by atoms with Gasteiger partial charge in [-0.2, -0.15) is 10.3 Å². The normalized spacial score (nSPS) is 21.4. The molecular formula is C4H4ClN5. The molecule has 0 saturated carbocycles. The van der Waals surface area contributed by atoms with E-state index < -0.39 is 0 Å². The molecule has 0 aromatic carbocycles. The number of hydrogen-bond acceptors (Lipinski definition) is 4. The molecule has 52 valence electrons. The van der Waals surface area contributed by atoms with E-state index in [2.05, 4.69) is 15.8 Å². The number of nitrogens with one attached hydrogen (secondary N) is 2. The van der Waals surface area contributed by atoms with Crippen LogP contribution in [0, 0.1) is 11.5 Å². The molecule has 0 unspecified atom stereocenters. The molecular weight excluding hydrogens is 154 g/mol. The van der Waals surface area contributed by atoms with Gasteiger partial charge in [-0.15, -0.1) is 0 Å². The molecule has 0 bridgehead atoms. The summed E-state index contributed by atoms with van der Waals surface area (Å²) in [6.07, 6.45) is 4.76. The van der Waals surface area contributed by atoms with Crippen molar-refractivity contribution in [3.8, 4) is 6.19 Å². The van der Waals surface area contributed by atoms with Crippen molar-refractivity contribution in [2.75, 3.05) is 0 Å². The van der Waals surface area contributed by atoms with E-state index in [1.54, 1.807) is 18.5 Å². The molecule has 0 atom stereocenters. The van der Waals surface area contributed by atoms with Crippen LogP contribution in [0.4, 0.5) is 0 Å². The molecule has 0 saturated heterocycles. The number of hydrazine groups is 2. The van der Waals surface area contributed by atoms with Crippen LogP contribution in [0.15, 0.2) is 17.3 Å². The monoisotopic (exact) mass is 157 g/mol. The van der Waals surface area contributed by atoms with Gasteiger partial charge in [0.1, 0.15) is 0 Å². The van der Waals surface area contributed by atoms with E-state index in [9.17, 15) is 0 Å². The second-order valence-corrected chi connectivity index (χ2v) is 1.79. The quantitative estimate of drug-likeness (QED) is 0.380. The van der Waals surface area contributed by atoms with Gasteiger partial charge < -0.3 is 0 Å². The average molecular weight is 158 g/mol. The molecule has 0 aliphatic carbocycles. The standard InChI is InChI=1S/C4H4ClN5/c5-10-8-2-1-4(9-10)7-3-6/h1-2,8H,(H,7,9). The maximum atomic E-state index is 8.11. The van der Waals surface area contributed by atoms with Crippen LogP contribution in [0.5, 0.6) is 0 Å². The second kappa shape index (κ2) is 3.06. The molecule has 0 amide bonds. The van der Waals surface area contributed by atoms with Gasteiger partial charge in [-0.1, -0.05) is 0 Å². The van der Waals surface area contributed by atoms with Crippen molar-refractivity contribution in [2.45, 2.75) is 0 Å². The molecule has 1 aliphatic heterocycles. The molecule has 2 N–H and O–H groups in total. The molecule has 1 aliphatic rings. The predicted molar refractivity (Wildman–Crippen MR) is 36.2 cm³/mol. The van der Waals surface area contributed by atoms with Gasteiger partial charge in [0.15, 0.2) is 5.84 Å². The van der Waals surface area contributed by atoms with Crippen LogP contribution < -0.4 is 10.9 Å². The van der Waals surface area contributed by atoms with Crippen LogP contribution in [0.2, 0.25) is 0 Å². The van der Waals surface area contributed by atoms with Gasteiger partial charge in [-0.3, -0.25) is 10.9 Å². The van der Waals surface area contributed by atoms with Crippen molar-refractivity contribution < 1.29 is 0 Å². The molecule has 10 heavy (non-hydrogen) atoms. The van der Waals surface area contributed by atoms with Crippen LogP contribution in [-0.4, -0.2) is 10.5 Å². The van der Waals surface area contributed by atoms with Gasteiger partial charge in [-0.25, -0.2) is 0 Å². The summed E-state index contributed by atoms with van der Waals surface area (Å²) in [5.41, 5.74) is 5.13. The minimum absolute atomic E-state index is 0.399. The van der Waals surface area contributed by atoms with E-state index in [0.29, 0.717) is 5.84 Å². The first-order chi connectivity index (χ1) is 4.83. The molecule has 5 nitrogen and oxygen atoms in total. The zero-order valence-electron chi connectivity index (χ0n) is 4.87. The van der Waals surface area contributed by atoms with Crippen molar-refractivity contribution in [1.29, 1.82) is 5.26 Å². The maximum Gasteiger partial charge on any atom is 0.207 e. The summed E-state index contributed by atoms with van der Waals surface area (Å²) in [5, 5.41) is 8.11. The molecule has 1 rings (SSSR count). The Bertz CT molecular complexity index is 214. The Morgan fingerprint density at radius 1 is 1.80 bits per heavy atom. The molecule has 0 fully saturated rings. The van der Waals surface area contributed by atoms with E-state index in [1.807, 2.05) is 0 Å². The van der Waals surface area contributed by atoms with Gasteiger partial charge in [-0.05, 0) is 10.7 Å². The Kier molecular flexibility index (Phi) is 2.10. The SMILES string of the molecule is N#CN=C1C=CNN(Cl)N1. The number of nitriles is 1. The average Bonchev–Trinajstić information content (AvgIpc) is 1.88. The number of hydrogen-bond donors (Lipinski definition) is 2. The highest BCUT2D eigenvalue weighted by Gasteiger charge is 2.03. The summed E-state index contributed by atoms with van der Waals surface area (Å²) in [6, 6.07) is 0. The van der Waals surface area contributed by atoms with Crippen LogP contribution in [-0.2, 0) is 0 Å². The Morgan fingerprint density at radius 2 is 2.60 bits per heavy atom. The topological polar surface area (TPSA) is 63.5 Å². The fourth-order valence-electron chi connectivity index (χ4n) is 0.468. The Balaban J connectivity index is 2.66. The van der Waals surface area contributed by atoms with E-state index >= 15 is 0 Å². The van der Waals surface area contributed by atoms with Gasteiger partial charge in [0.2, 0.25) is 6.19 Å². The molecule has 0 radical (unpaired) electrons. The minimum atomic E-state index is 0.399. The number of aliphatic imine (C=N–C) groups is 1. The lowest BCUT2D eigenvalue weighted by Crippen LogP contribution is -2.44.